The molecule has 4 amide bonds. The molecule has 0 radical (unpaired) electrons. The Morgan fingerprint density at radius 3 is 2.02 bits per heavy atom. The first-order chi connectivity index (χ1) is 25.7. The number of allylic oxidation sites excluding steroid dienone is 2. The van der Waals surface area contributed by atoms with Crippen molar-refractivity contribution in [2.24, 2.45) is 23.1 Å². The Balaban J connectivity index is 0.000000465. The molecule has 53 heavy (non-hydrogen) atoms. The molecule has 1 aliphatic rings. The summed E-state index contributed by atoms with van der Waals surface area (Å²) >= 11 is 0. The fraction of sp³-hybridized carbons (Fsp3) is 0.409. The minimum Gasteiger partial charge on any atom is -0.372 e. The molecule has 4 rings (SSSR count). The molecule has 8 N–H and O–H groups in total. The van der Waals surface area contributed by atoms with Crippen LogP contribution in [-0.4, -0.2) is 36.7 Å². The number of benzene rings is 3. The molecule has 9 nitrogen and oxygen atoms in total. The minimum atomic E-state index is -0.524. The number of fused-ring (bicyclic) bond motifs is 1. The molecule has 0 spiro atoms. The number of primary amides is 2. The molecule has 0 aromatic heterocycles. The van der Waals surface area contributed by atoms with Gasteiger partial charge < -0.3 is 27.8 Å². The average Bonchev–Trinajstić information content (AvgIpc) is 3.17. The van der Waals surface area contributed by atoms with E-state index in [1.54, 1.807) is 12.2 Å². The summed E-state index contributed by atoms with van der Waals surface area (Å²) in [7, 11) is 0. The number of hydrogen-bond acceptors (Lipinski definition) is 5. The Morgan fingerprint density at radius 1 is 0.830 bits per heavy atom. The standard InChI is InChI=1S/C21H26N2O2.C19H26N2O.C3H8.CH3NO/c22-21(25)20(17-7-2-1-3-8-17)23-19(24)13-11-15-10-12-16-6-4-5-9-18(16)14-15;1-3-11-16(4-2)19(17-12-7-5-8-13-17)21-18(22)14-9-6-10-15-20;1-3-2;2-1-3/h4-6,9-10,12,14,17,20H,1-3,7-8,11,13H2,(H2,22,25)(H,23,24);3-5,7-8,11-13,19H,1-2,6,9-10,14-15,20H2,(H,21,22);3H2,1-2H3;1H,(H2,2,3)/b;16-11+;;. The smallest absolute Gasteiger partial charge is 0.240 e. The summed E-state index contributed by atoms with van der Waals surface area (Å²) in [6, 6.07) is 23.6. The Bertz CT molecular complexity index is 1550. The molecule has 1 saturated carbocycles. The van der Waals surface area contributed by atoms with Crippen LogP contribution in [0.25, 0.3) is 10.8 Å². The molecule has 2 atom stereocenters. The van der Waals surface area contributed by atoms with E-state index in [4.69, 9.17) is 16.3 Å². The van der Waals surface area contributed by atoms with Gasteiger partial charge in [0.2, 0.25) is 24.1 Å². The van der Waals surface area contributed by atoms with E-state index in [2.05, 4.69) is 73.7 Å². The zero-order valence-electron chi connectivity index (χ0n) is 31.9. The predicted octanol–water partition coefficient (Wildman–Crippen LogP) is 7.50. The molecule has 1 fully saturated rings. The first-order valence-electron chi connectivity index (χ1n) is 18.9. The Hall–Kier alpha value is -5.02. The summed E-state index contributed by atoms with van der Waals surface area (Å²) in [6.07, 6.45) is 16.6. The SMILES string of the molecule is C=C/C=C(\C=C)C(NC(=O)CCCCCN)c1ccccc1.CCC.NC(=O)C(NC(=O)CCc1ccc2ccccc2c1)C1CCCCC1.NC=O. The number of unbranched alkanes of at least 4 members (excludes halogenated alkanes) is 2. The van der Waals surface area contributed by atoms with Gasteiger partial charge in [0, 0.05) is 12.8 Å². The zero-order chi connectivity index (χ0) is 39.3. The van der Waals surface area contributed by atoms with E-state index in [1.807, 2.05) is 48.5 Å². The molecule has 3 aromatic rings. The Morgan fingerprint density at radius 2 is 1.43 bits per heavy atom. The zero-order valence-corrected chi connectivity index (χ0v) is 31.9. The van der Waals surface area contributed by atoms with Crippen molar-refractivity contribution in [3.05, 3.63) is 121 Å². The summed E-state index contributed by atoms with van der Waals surface area (Å²) in [5, 5.41) is 8.34. The fourth-order valence-corrected chi connectivity index (χ4v) is 6.05. The van der Waals surface area contributed by atoms with Crippen LogP contribution in [0.3, 0.4) is 0 Å². The lowest BCUT2D eigenvalue weighted by atomic mass is 9.83. The number of amides is 4. The van der Waals surface area contributed by atoms with Crippen LogP contribution in [0, 0.1) is 5.92 Å². The monoisotopic (exact) mass is 725 g/mol. The van der Waals surface area contributed by atoms with Crippen LogP contribution in [0.4, 0.5) is 0 Å². The topological polar surface area (TPSA) is 170 Å². The Kier molecular flexibility index (Phi) is 24.8. The van der Waals surface area contributed by atoms with Gasteiger partial charge in [0.15, 0.2) is 0 Å². The molecule has 0 heterocycles. The molecule has 0 bridgehead atoms. The second kappa shape index (κ2) is 28.6. The summed E-state index contributed by atoms with van der Waals surface area (Å²) in [6.45, 7) is 12.5. The van der Waals surface area contributed by atoms with Gasteiger partial charge in [-0.15, -0.1) is 0 Å². The van der Waals surface area contributed by atoms with E-state index in [1.165, 1.54) is 23.6 Å². The normalized spacial score (nSPS) is 13.5. The number of hydrogen-bond donors (Lipinski definition) is 5. The van der Waals surface area contributed by atoms with Crippen LogP contribution in [-0.2, 0) is 25.6 Å². The number of carbonyl (C=O) groups excluding carboxylic acids is 4. The van der Waals surface area contributed by atoms with E-state index >= 15 is 0 Å². The average molecular weight is 726 g/mol. The molecule has 3 aromatic carbocycles. The van der Waals surface area contributed by atoms with Crippen LogP contribution in [0.1, 0.15) is 102 Å². The highest BCUT2D eigenvalue weighted by Crippen LogP contribution is 2.27. The second-order valence-electron chi connectivity index (χ2n) is 13.0. The highest BCUT2D eigenvalue weighted by atomic mass is 16.2. The maximum Gasteiger partial charge on any atom is 0.240 e. The molecule has 1 aliphatic carbocycles. The van der Waals surface area contributed by atoms with Crippen molar-refractivity contribution in [3.63, 3.8) is 0 Å². The van der Waals surface area contributed by atoms with Gasteiger partial charge in [-0.25, -0.2) is 0 Å². The first kappa shape index (κ1) is 46.0. The van der Waals surface area contributed by atoms with Crippen molar-refractivity contribution in [2.45, 2.75) is 103 Å². The Labute approximate surface area is 317 Å². The van der Waals surface area contributed by atoms with Gasteiger partial charge in [-0.2, -0.15) is 0 Å². The lowest BCUT2D eigenvalue weighted by molar-refractivity contribution is -0.128. The lowest BCUT2D eigenvalue weighted by Gasteiger charge is -2.28. The van der Waals surface area contributed by atoms with E-state index in [-0.39, 0.29) is 30.2 Å². The van der Waals surface area contributed by atoms with E-state index in [0.717, 1.165) is 61.6 Å². The fourth-order valence-electron chi connectivity index (χ4n) is 6.05. The third-order valence-electron chi connectivity index (χ3n) is 8.62. The minimum absolute atomic E-state index is 0.0442. The van der Waals surface area contributed by atoms with Crippen molar-refractivity contribution < 1.29 is 19.2 Å². The van der Waals surface area contributed by atoms with Gasteiger partial charge in [-0.05, 0) is 72.0 Å². The number of carbonyl (C=O) groups is 4. The third kappa shape index (κ3) is 18.9. The maximum absolute atomic E-state index is 12.3. The number of rotatable bonds is 16. The van der Waals surface area contributed by atoms with Crippen molar-refractivity contribution in [1.82, 2.24) is 10.6 Å². The molecule has 0 saturated heterocycles. The van der Waals surface area contributed by atoms with Crippen molar-refractivity contribution in [2.75, 3.05) is 6.54 Å². The summed E-state index contributed by atoms with van der Waals surface area (Å²) in [4.78, 5) is 44.8. The highest BCUT2D eigenvalue weighted by Gasteiger charge is 2.29. The molecular weight excluding hydrogens is 663 g/mol. The van der Waals surface area contributed by atoms with Crippen molar-refractivity contribution in [3.8, 4) is 0 Å². The number of aryl methyl sites for hydroxylation is 1. The maximum atomic E-state index is 12.3. The summed E-state index contributed by atoms with van der Waals surface area (Å²) < 4.78 is 0. The van der Waals surface area contributed by atoms with E-state index < -0.39 is 11.9 Å². The lowest BCUT2D eigenvalue weighted by Crippen LogP contribution is -2.49. The van der Waals surface area contributed by atoms with Crippen LogP contribution in [0.5, 0.6) is 0 Å². The first-order valence-corrected chi connectivity index (χ1v) is 18.9. The summed E-state index contributed by atoms with van der Waals surface area (Å²) in [5.41, 5.74) is 18.3. The summed E-state index contributed by atoms with van der Waals surface area (Å²) in [5.74, 6) is -0.271. The molecule has 288 valence electrons. The van der Waals surface area contributed by atoms with Crippen LogP contribution in [0.15, 0.2) is 110 Å². The van der Waals surface area contributed by atoms with E-state index in [0.29, 0.717) is 25.8 Å². The van der Waals surface area contributed by atoms with Gasteiger partial charge >= 0.3 is 0 Å². The van der Waals surface area contributed by atoms with Crippen LogP contribution >= 0.6 is 0 Å². The van der Waals surface area contributed by atoms with Gasteiger partial charge in [0.1, 0.15) is 6.04 Å². The molecule has 9 heteroatoms. The third-order valence-corrected chi connectivity index (χ3v) is 8.62. The van der Waals surface area contributed by atoms with Crippen LogP contribution < -0.4 is 27.8 Å². The van der Waals surface area contributed by atoms with Crippen molar-refractivity contribution >= 4 is 34.9 Å². The van der Waals surface area contributed by atoms with Crippen LogP contribution in [0.2, 0.25) is 0 Å². The predicted molar refractivity (Wildman–Crippen MR) is 220 cm³/mol. The highest BCUT2D eigenvalue weighted by molar-refractivity contribution is 5.87. The molecule has 2 unspecified atom stereocenters. The van der Waals surface area contributed by atoms with Gasteiger partial charge in [0.25, 0.3) is 0 Å². The van der Waals surface area contributed by atoms with E-state index in [9.17, 15) is 14.4 Å². The van der Waals surface area contributed by atoms with Crippen molar-refractivity contribution in [1.29, 1.82) is 0 Å². The van der Waals surface area contributed by atoms with Gasteiger partial charge in [-0.3, -0.25) is 19.2 Å². The number of nitrogens with one attached hydrogen (secondary N) is 2. The molecule has 0 aliphatic heterocycles. The van der Waals surface area contributed by atoms with Gasteiger partial charge in [-0.1, -0.05) is 150 Å². The second-order valence-corrected chi connectivity index (χ2v) is 13.0. The van der Waals surface area contributed by atoms with Gasteiger partial charge in [0.05, 0.1) is 6.04 Å². The number of nitrogens with two attached hydrogens (primary N) is 3. The molecular formula is C44H63N5O4. The quantitative estimate of drug-likeness (QED) is 0.0584. The largest absolute Gasteiger partial charge is 0.372 e.